The lowest BCUT2D eigenvalue weighted by molar-refractivity contribution is -0.251. The number of ether oxygens (including phenoxy) is 1. The molecule has 20 nitrogen and oxygen atoms in total. The third kappa shape index (κ3) is 5.73. The van der Waals surface area contributed by atoms with Gasteiger partial charge in [-0.3, -0.25) is 18.9 Å². The van der Waals surface area contributed by atoms with Crippen LogP contribution in [0.5, 0.6) is 0 Å². The maximum Gasteiger partial charge on any atom is 0.490 e. The molecule has 0 aliphatic carbocycles. The summed E-state index contributed by atoms with van der Waals surface area (Å²) < 4.78 is 51.0. The fraction of sp³-hybridized carbons (Fsp3) is 0.500. The van der Waals surface area contributed by atoms with Crippen LogP contribution in [0.1, 0.15) is 6.23 Å². The van der Waals surface area contributed by atoms with Gasteiger partial charge >= 0.3 is 23.5 Å². The Kier molecular flexibility index (Phi) is 6.75. The lowest BCUT2D eigenvalue weighted by atomic mass is 10.1. The van der Waals surface area contributed by atoms with E-state index in [1.54, 1.807) is 0 Å². The monoisotopic (exact) mass is 539 g/mol. The smallest absolute Gasteiger partial charge is 0.385 e. The zero-order valence-electron chi connectivity index (χ0n) is 15.7. The van der Waals surface area contributed by atoms with Gasteiger partial charge in [-0.15, -0.1) is 0 Å². The molecule has 1 aliphatic heterocycles. The summed E-state index contributed by atoms with van der Waals surface area (Å²) in [5, 5.41) is 30.9. The van der Waals surface area contributed by atoms with Gasteiger partial charge in [-0.1, -0.05) is 0 Å². The summed E-state index contributed by atoms with van der Waals surface area (Å²) >= 11 is 0. The third-order valence-corrected chi connectivity index (χ3v) is 7.76. The maximum atomic E-state index is 11.9. The maximum absolute atomic E-state index is 11.9. The number of aliphatic hydroxyl groups is 3. The van der Waals surface area contributed by atoms with Crippen LogP contribution in [0.4, 0.5) is 5.95 Å². The number of nitrogens with one attached hydrogen (secondary N) is 1. The molecule has 2 aromatic heterocycles. The number of aromatic amines is 1. The average molecular weight is 539 g/mol. The topological polar surface area (TPSA) is 319 Å². The van der Waals surface area contributed by atoms with Crippen molar-refractivity contribution in [1.82, 2.24) is 19.5 Å². The molecule has 6 atom stereocenters. The average Bonchev–Trinajstić information content (AvgIpc) is 3.12. The second-order valence-corrected chi connectivity index (χ2v) is 10.8. The summed E-state index contributed by atoms with van der Waals surface area (Å²) in [6, 6.07) is 0. The minimum Gasteiger partial charge on any atom is -0.385 e. The molecule has 33 heavy (non-hydrogen) atoms. The van der Waals surface area contributed by atoms with Crippen molar-refractivity contribution in [2.24, 2.45) is 0 Å². The summed E-state index contributed by atoms with van der Waals surface area (Å²) in [5.74, 6) is -3.30. The highest BCUT2D eigenvalue weighted by Crippen LogP contribution is 2.66. The van der Waals surface area contributed by atoms with E-state index < -0.39 is 59.9 Å². The Hall–Kier alpha value is -1.60. The molecule has 1 aliphatic rings. The van der Waals surface area contributed by atoms with Crippen molar-refractivity contribution in [2.75, 3.05) is 12.3 Å². The van der Waals surface area contributed by atoms with Crippen molar-refractivity contribution >= 4 is 40.6 Å². The molecule has 23 heteroatoms. The molecular formula is C10H16N5O15P3. The van der Waals surface area contributed by atoms with Crippen LogP contribution in [0.2, 0.25) is 0 Å². The normalized spacial score (nSPS) is 29.7. The molecule has 2 aromatic rings. The number of aliphatic hydroxyl groups excluding tert-OH is 2. The van der Waals surface area contributed by atoms with E-state index in [-0.39, 0.29) is 17.1 Å². The molecule has 2 unspecified atom stereocenters. The van der Waals surface area contributed by atoms with Crippen LogP contribution in [0, 0.1) is 0 Å². The molecule has 0 radical (unpaired) electrons. The van der Waals surface area contributed by atoms with Crippen LogP contribution in [-0.2, 0) is 31.6 Å². The number of phosphoric ester groups is 1. The van der Waals surface area contributed by atoms with Gasteiger partial charge in [0.1, 0.15) is 18.8 Å². The molecule has 0 aromatic carbocycles. The highest BCUT2D eigenvalue weighted by Gasteiger charge is 2.56. The van der Waals surface area contributed by atoms with E-state index in [1.807, 2.05) is 0 Å². The Morgan fingerprint density at radius 3 is 2.42 bits per heavy atom. The van der Waals surface area contributed by atoms with Crippen LogP contribution < -0.4 is 11.3 Å². The highest BCUT2D eigenvalue weighted by molar-refractivity contribution is 7.66. The first-order chi connectivity index (χ1) is 14.9. The zero-order valence-corrected chi connectivity index (χ0v) is 18.4. The number of H-pyrrole nitrogens is 1. The van der Waals surface area contributed by atoms with Gasteiger partial charge in [0.15, 0.2) is 17.4 Å². The number of phosphoric acid groups is 3. The van der Waals surface area contributed by atoms with Crippen molar-refractivity contribution in [2.45, 2.75) is 24.2 Å². The largest absolute Gasteiger partial charge is 0.490 e. The van der Waals surface area contributed by atoms with E-state index in [9.17, 15) is 38.7 Å². The first kappa shape index (κ1) is 26.0. The van der Waals surface area contributed by atoms with Gasteiger partial charge < -0.3 is 45.4 Å². The van der Waals surface area contributed by atoms with Gasteiger partial charge in [-0.05, 0) is 0 Å². The minimum atomic E-state index is -5.84. The van der Waals surface area contributed by atoms with E-state index in [1.165, 1.54) is 0 Å². The van der Waals surface area contributed by atoms with Crippen LogP contribution in [0.3, 0.4) is 0 Å². The Bertz CT molecular complexity index is 1260. The Morgan fingerprint density at radius 2 is 1.82 bits per heavy atom. The Labute approximate surface area is 180 Å². The summed E-state index contributed by atoms with van der Waals surface area (Å²) in [5.41, 5.74) is 4.21. The van der Waals surface area contributed by atoms with Crippen LogP contribution >= 0.6 is 23.5 Å². The fourth-order valence-electron chi connectivity index (χ4n) is 2.72. The molecule has 186 valence electrons. The molecule has 10 N–H and O–H groups in total. The lowest BCUT2D eigenvalue weighted by Gasteiger charge is -2.26. The van der Waals surface area contributed by atoms with E-state index in [0.29, 0.717) is 0 Å². The zero-order chi connectivity index (χ0) is 25.0. The summed E-state index contributed by atoms with van der Waals surface area (Å²) in [6.45, 7) is -1.49. The number of fused-ring (bicyclic) bond motifs is 1. The standard InChI is InChI=1S/C10H16N5O15P3/c11-9-13-6-3(7(18)14-9)12-2-15(6)8-4(16)5(17)10(19,28-8)1-27-32(23,24)30-33(25,26)29-31(20,21)22/h2,4-5,8,16-17,19H,1H2,(H,23,24)(H,25,26)(H2,20,21,22)(H3,11,13,14,18)/t4-,5+,8-,10-/m1/s1. The van der Waals surface area contributed by atoms with Crippen LogP contribution in [-0.4, -0.2) is 79.0 Å². The van der Waals surface area contributed by atoms with Gasteiger partial charge in [0.25, 0.3) is 5.56 Å². The van der Waals surface area contributed by atoms with Gasteiger partial charge in [0.05, 0.1) is 6.33 Å². The summed E-state index contributed by atoms with van der Waals surface area (Å²) in [4.78, 5) is 57.1. The number of nitrogen functional groups attached to an aromatic ring is 1. The molecular weight excluding hydrogens is 523 g/mol. The molecule has 3 heterocycles. The number of nitrogens with zero attached hydrogens (tertiary/aromatic N) is 3. The van der Waals surface area contributed by atoms with Crippen molar-refractivity contribution in [3.63, 3.8) is 0 Å². The highest BCUT2D eigenvalue weighted by atomic mass is 31.3. The second kappa shape index (κ2) is 8.56. The number of hydrogen-bond acceptors (Lipinski definition) is 14. The third-order valence-electron chi connectivity index (χ3n) is 3.98. The van der Waals surface area contributed by atoms with Crippen molar-refractivity contribution < 1.29 is 66.5 Å². The van der Waals surface area contributed by atoms with Gasteiger partial charge in [0, 0.05) is 0 Å². The predicted molar refractivity (Wildman–Crippen MR) is 99.5 cm³/mol. The van der Waals surface area contributed by atoms with E-state index in [4.69, 9.17) is 25.2 Å². The number of anilines is 1. The Balaban J connectivity index is 1.79. The molecule has 1 saturated heterocycles. The number of imidazole rings is 1. The Morgan fingerprint density at radius 1 is 1.18 bits per heavy atom. The summed E-state index contributed by atoms with van der Waals surface area (Å²) in [7, 11) is -17.1. The second-order valence-electron chi connectivity index (χ2n) is 6.43. The van der Waals surface area contributed by atoms with Crippen LogP contribution in [0.25, 0.3) is 11.2 Å². The number of rotatable bonds is 8. The number of aromatic nitrogens is 4. The first-order valence-corrected chi connectivity index (χ1v) is 12.7. The summed E-state index contributed by atoms with van der Waals surface area (Å²) in [6.07, 6.45) is -4.97. The minimum absolute atomic E-state index is 0.232. The van der Waals surface area contributed by atoms with E-state index >= 15 is 0 Å². The number of hydrogen-bond donors (Lipinski definition) is 9. The molecule has 0 saturated carbocycles. The number of nitrogens with two attached hydrogens (primary N) is 1. The van der Waals surface area contributed by atoms with Crippen LogP contribution in [0.15, 0.2) is 11.1 Å². The van der Waals surface area contributed by atoms with Crippen molar-refractivity contribution in [3.8, 4) is 0 Å². The first-order valence-electron chi connectivity index (χ1n) is 8.20. The lowest BCUT2D eigenvalue weighted by Crippen LogP contribution is -2.46. The van der Waals surface area contributed by atoms with Gasteiger partial charge in [0.2, 0.25) is 11.7 Å². The molecule has 3 rings (SSSR count). The molecule has 1 fully saturated rings. The fourth-order valence-corrected chi connectivity index (χ4v) is 5.76. The quantitative estimate of drug-likeness (QED) is 0.151. The van der Waals surface area contributed by atoms with Gasteiger partial charge in [-0.2, -0.15) is 13.6 Å². The molecule has 0 amide bonds. The van der Waals surface area contributed by atoms with Gasteiger partial charge in [-0.25, -0.2) is 18.7 Å². The predicted octanol–water partition coefficient (Wildman–Crippen LogP) is -3.02. The van der Waals surface area contributed by atoms with E-state index in [2.05, 4.69) is 28.1 Å². The van der Waals surface area contributed by atoms with E-state index in [0.717, 1.165) is 10.9 Å². The van der Waals surface area contributed by atoms with Crippen molar-refractivity contribution in [3.05, 3.63) is 16.7 Å². The molecule has 0 spiro atoms. The molecule has 0 bridgehead atoms. The SMILES string of the molecule is Nc1nc2c(ncn2[C@@H]2O[C@](O)(COP(=O)(O)OP(=O)(O)OP(=O)(O)O)[C@@H](O)[C@H]2O)c(=O)[nH]1. The van der Waals surface area contributed by atoms with Crippen molar-refractivity contribution in [1.29, 1.82) is 0 Å².